The van der Waals surface area contributed by atoms with Crippen molar-refractivity contribution < 1.29 is 19.4 Å². The zero-order valence-corrected chi connectivity index (χ0v) is 9.90. The van der Waals surface area contributed by atoms with Crippen LogP contribution in [0, 0.1) is 0 Å². The molecule has 0 aromatic heterocycles. The highest BCUT2D eigenvalue weighted by molar-refractivity contribution is 7.99. The molecule has 1 aliphatic heterocycles. The molecule has 1 unspecified atom stereocenters. The van der Waals surface area contributed by atoms with Gasteiger partial charge in [-0.3, -0.25) is 4.79 Å². The van der Waals surface area contributed by atoms with Gasteiger partial charge in [-0.25, -0.2) is 4.79 Å². The molecule has 17 heavy (non-hydrogen) atoms. The molecule has 1 aliphatic rings. The fourth-order valence-electron chi connectivity index (χ4n) is 1.66. The number of thioether (sulfide) groups is 1. The Balaban J connectivity index is 2.20. The largest absolute Gasteiger partial charge is 0.489 e. The fourth-order valence-corrected chi connectivity index (χ4v) is 2.75. The highest BCUT2D eigenvalue weighted by Gasteiger charge is 2.22. The van der Waals surface area contributed by atoms with Crippen LogP contribution in [0.1, 0.15) is 16.8 Å². The van der Waals surface area contributed by atoms with Crippen molar-refractivity contribution >= 4 is 23.5 Å². The van der Waals surface area contributed by atoms with Crippen molar-refractivity contribution in [3.63, 3.8) is 0 Å². The normalized spacial score (nSPS) is 18.9. The number of Topliss-reactive ketones (excluding diaryl/α,β-unsaturated/α-hetero) is 1. The maximum Gasteiger partial charge on any atom is 0.377 e. The Morgan fingerprint density at radius 3 is 2.76 bits per heavy atom. The second kappa shape index (κ2) is 5.23. The van der Waals surface area contributed by atoms with Gasteiger partial charge in [0.1, 0.15) is 11.9 Å². The summed E-state index contributed by atoms with van der Waals surface area (Å²) < 4.78 is 5.67. The van der Waals surface area contributed by atoms with Gasteiger partial charge in [0.05, 0.1) is 5.56 Å². The number of ketones is 1. The third-order valence-electron chi connectivity index (χ3n) is 2.51. The van der Waals surface area contributed by atoms with Gasteiger partial charge in [-0.1, -0.05) is 12.1 Å². The lowest BCUT2D eigenvalue weighted by Gasteiger charge is -2.14. The van der Waals surface area contributed by atoms with Crippen LogP contribution in [0.5, 0.6) is 5.75 Å². The monoisotopic (exact) mass is 252 g/mol. The summed E-state index contributed by atoms with van der Waals surface area (Å²) in [6, 6.07) is 6.48. The molecule has 0 amide bonds. The average molecular weight is 252 g/mol. The quantitative estimate of drug-likeness (QED) is 0.654. The van der Waals surface area contributed by atoms with E-state index in [1.54, 1.807) is 30.0 Å². The van der Waals surface area contributed by atoms with Crippen molar-refractivity contribution in [1.82, 2.24) is 0 Å². The van der Waals surface area contributed by atoms with Gasteiger partial charge in [0.2, 0.25) is 0 Å². The van der Waals surface area contributed by atoms with Crippen LogP contribution >= 0.6 is 11.8 Å². The van der Waals surface area contributed by atoms with Gasteiger partial charge >= 0.3 is 5.97 Å². The molecule has 0 saturated carbocycles. The lowest BCUT2D eigenvalue weighted by molar-refractivity contribution is -0.131. The molecule has 1 N–H and O–H groups in total. The summed E-state index contributed by atoms with van der Waals surface area (Å²) in [5.74, 6) is -0.0875. The molecule has 90 valence electrons. The molecule has 2 rings (SSSR count). The van der Waals surface area contributed by atoms with Crippen LogP contribution in [0.2, 0.25) is 0 Å². The summed E-state index contributed by atoms with van der Waals surface area (Å²) in [4.78, 5) is 22.1. The standard InChI is InChI=1S/C12H12O4S/c13-11(12(14)15)9-3-1-2-4-10(9)16-8-5-6-17-7-8/h1-4,8H,5-7H2,(H,14,15). The predicted octanol–water partition coefficient (Wildman–Crippen LogP) is 1.84. The van der Waals surface area contributed by atoms with Crippen LogP contribution < -0.4 is 4.74 Å². The van der Waals surface area contributed by atoms with E-state index in [1.165, 1.54) is 6.07 Å². The van der Waals surface area contributed by atoms with Gasteiger partial charge < -0.3 is 9.84 Å². The smallest absolute Gasteiger partial charge is 0.377 e. The molecular weight excluding hydrogens is 240 g/mol. The molecule has 1 aromatic carbocycles. The highest BCUT2D eigenvalue weighted by Crippen LogP contribution is 2.26. The van der Waals surface area contributed by atoms with Crippen LogP contribution in [0.25, 0.3) is 0 Å². The van der Waals surface area contributed by atoms with E-state index in [0.717, 1.165) is 17.9 Å². The molecular formula is C12H12O4S. The van der Waals surface area contributed by atoms with Crippen molar-refractivity contribution in [2.24, 2.45) is 0 Å². The van der Waals surface area contributed by atoms with Gasteiger partial charge in [-0.05, 0) is 24.3 Å². The number of rotatable bonds is 4. The number of aliphatic carboxylic acids is 1. The molecule has 0 radical (unpaired) electrons. The second-order valence-electron chi connectivity index (χ2n) is 3.73. The van der Waals surface area contributed by atoms with Gasteiger partial charge in [0, 0.05) is 5.75 Å². The Morgan fingerprint density at radius 1 is 1.35 bits per heavy atom. The average Bonchev–Trinajstić information content (AvgIpc) is 2.81. The third-order valence-corrected chi connectivity index (χ3v) is 3.64. The van der Waals surface area contributed by atoms with E-state index in [9.17, 15) is 9.59 Å². The Labute approximate surface area is 103 Å². The lowest BCUT2D eigenvalue weighted by atomic mass is 10.1. The van der Waals surface area contributed by atoms with Crippen LogP contribution in [0.15, 0.2) is 24.3 Å². The topological polar surface area (TPSA) is 63.6 Å². The van der Waals surface area contributed by atoms with Gasteiger partial charge in [-0.15, -0.1) is 0 Å². The number of carbonyl (C=O) groups excluding carboxylic acids is 1. The molecule has 0 bridgehead atoms. The van der Waals surface area contributed by atoms with E-state index >= 15 is 0 Å². The molecule has 1 saturated heterocycles. The number of ether oxygens (including phenoxy) is 1. The maximum absolute atomic E-state index is 11.5. The van der Waals surface area contributed by atoms with Crippen molar-refractivity contribution in [2.45, 2.75) is 12.5 Å². The second-order valence-corrected chi connectivity index (χ2v) is 4.88. The van der Waals surface area contributed by atoms with Crippen molar-refractivity contribution in [3.8, 4) is 5.75 Å². The predicted molar refractivity (Wildman–Crippen MR) is 64.8 cm³/mol. The summed E-state index contributed by atoms with van der Waals surface area (Å²) >= 11 is 1.80. The summed E-state index contributed by atoms with van der Waals surface area (Å²) in [6.45, 7) is 0. The Kier molecular flexibility index (Phi) is 3.68. The van der Waals surface area contributed by atoms with Crippen LogP contribution in [-0.4, -0.2) is 34.5 Å². The number of hydrogen-bond acceptors (Lipinski definition) is 4. The van der Waals surface area contributed by atoms with Crippen LogP contribution in [0.3, 0.4) is 0 Å². The third kappa shape index (κ3) is 2.79. The first-order valence-corrected chi connectivity index (χ1v) is 6.45. The summed E-state index contributed by atoms with van der Waals surface area (Å²) in [5.41, 5.74) is 0.122. The molecule has 1 heterocycles. The lowest BCUT2D eigenvalue weighted by Crippen LogP contribution is -2.19. The van der Waals surface area contributed by atoms with E-state index in [0.29, 0.717) is 5.75 Å². The minimum atomic E-state index is -1.46. The van der Waals surface area contributed by atoms with E-state index in [2.05, 4.69) is 0 Å². The molecule has 0 aliphatic carbocycles. The first-order chi connectivity index (χ1) is 8.18. The number of benzene rings is 1. The minimum absolute atomic E-state index is 0.0720. The Morgan fingerprint density at radius 2 is 2.12 bits per heavy atom. The summed E-state index contributed by atoms with van der Waals surface area (Å²) in [7, 11) is 0. The SMILES string of the molecule is O=C(O)C(=O)c1ccccc1OC1CCSC1. The maximum atomic E-state index is 11.5. The van der Waals surface area contributed by atoms with E-state index in [4.69, 9.17) is 9.84 Å². The minimum Gasteiger partial charge on any atom is -0.489 e. The molecule has 5 heteroatoms. The van der Waals surface area contributed by atoms with Crippen molar-refractivity contribution in [2.75, 3.05) is 11.5 Å². The Hall–Kier alpha value is -1.49. The van der Waals surface area contributed by atoms with Gasteiger partial charge in [-0.2, -0.15) is 11.8 Å². The molecule has 0 spiro atoms. The number of hydrogen-bond donors (Lipinski definition) is 1. The van der Waals surface area contributed by atoms with E-state index in [-0.39, 0.29) is 11.7 Å². The van der Waals surface area contributed by atoms with Crippen LogP contribution in [0.4, 0.5) is 0 Å². The Bertz CT molecular complexity index is 438. The highest BCUT2D eigenvalue weighted by atomic mass is 32.2. The zero-order valence-electron chi connectivity index (χ0n) is 9.09. The molecule has 1 fully saturated rings. The van der Waals surface area contributed by atoms with Crippen LogP contribution in [-0.2, 0) is 4.79 Å². The number of carbonyl (C=O) groups is 2. The fraction of sp³-hybridized carbons (Fsp3) is 0.333. The number of carboxylic acid groups (broad SMARTS) is 1. The van der Waals surface area contributed by atoms with Crippen molar-refractivity contribution in [3.05, 3.63) is 29.8 Å². The van der Waals surface area contributed by atoms with Gasteiger partial charge in [0.25, 0.3) is 5.78 Å². The number of para-hydroxylation sites is 1. The van der Waals surface area contributed by atoms with E-state index < -0.39 is 11.8 Å². The molecule has 1 aromatic rings. The van der Waals surface area contributed by atoms with Crippen molar-refractivity contribution in [1.29, 1.82) is 0 Å². The summed E-state index contributed by atoms with van der Waals surface area (Å²) in [5, 5.41) is 8.71. The first-order valence-electron chi connectivity index (χ1n) is 5.29. The molecule has 1 atom stereocenters. The zero-order chi connectivity index (χ0) is 12.3. The molecule has 4 nitrogen and oxygen atoms in total. The van der Waals surface area contributed by atoms with E-state index in [1.807, 2.05) is 0 Å². The van der Waals surface area contributed by atoms with Gasteiger partial charge in [0.15, 0.2) is 0 Å². The number of carboxylic acids is 1. The first kappa shape index (κ1) is 12.0. The summed E-state index contributed by atoms with van der Waals surface area (Å²) in [6.07, 6.45) is 1.00.